The number of ether oxygens (including phenoxy) is 1. The first-order chi connectivity index (χ1) is 7.74. The van der Waals surface area contributed by atoms with E-state index < -0.39 is 0 Å². The van der Waals surface area contributed by atoms with Crippen molar-refractivity contribution in [1.82, 2.24) is 4.98 Å². The van der Waals surface area contributed by atoms with Crippen LogP contribution in [0.3, 0.4) is 0 Å². The van der Waals surface area contributed by atoms with Crippen LogP contribution >= 0.6 is 0 Å². The van der Waals surface area contributed by atoms with E-state index in [2.05, 4.69) is 4.98 Å². The predicted octanol–water partition coefficient (Wildman–Crippen LogP) is 2.24. The van der Waals surface area contributed by atoms with Crippen LogP contribution in [-0.2, 0) is 22.4 Å². The van der Waals surface area contributed by atoms with Gasteiger partial charge in [-0.25, -0.2) is 0 Å². The van der Waals surface area contributed by atoms with Crippen molar-refractivity contribution >= 4 is 5.97 Å². The molecule has 1 aliphatic rings. The molecule has 0 fully saturated rings. The highest BCUT2D eigenvalue weighted by molar-refractivity contribution is 5.78. The fourth-order valence-electron chi connectivity index (χ4n) is 2.36. The first kappa shape index (κ1) is 11.1. The van der Waals surface area contributed by atoms with Gasteiger partial charge in [0, 0.05) is 11.9 Å². The number of aromatic nitrogens is 1. The van der Waals surface area contributed by atoms with E-state index in [0.717, 1.165) is 18.4 Å². The molecular formula is C13H17NO2. The zero-order valence-electron chi connectivity index (χ0n) is 9.82. The number of hydrogen-bond acceptors (Lipinski definition) is 3. The van der Waals surface area contributed by atoms with Crippen molar-refractivity contribution in [2.75, 3.05) is 7.11 Å². The number of carbonyl (C=O) groups is 1. The zero-order chi connectivity index (χ0) is 11.5. The van der Waals surface area contributed by atoms with Crippen molar-refractivity contribution in [1.29, 1.82) is 0 Å². The molecule has 0 N–H and O–H groups in total. The van der Waals surface area contributed by atoms with Gasteiger partial charge in [0.15, 0.2) is 0 Å². The van der Waals surface area contributed by atoms with E-state index in [1.54, 1.807) is 6.20 Å². The van der Waals surface area contributed by atoms with Gasteiger partial charge >= 0.3 is 5.97 Å². The highest BCUT2D eigenvalue weighted by atomic mass is 16.5. The van der Waals surface area contributed by atoms with E-state index in [4.69, 9.17) is 4.74 Å². The van der Waals surface area contributed by atoms with Crippen LogP contribution in [0.25, 0.3) is 0 Å². The van der Waals surface area contributed by atoms with E-state index in [1.165, 1.54) is 31.2 Å². The Morgan fingerprint density at radius 1 is 1.44 bits per heavy atom. The SMILES string of the molecule is COC(=O)C(C)c1ccnc2c1CCCC2. The molecule has 1 heterocycles. The van der Waals surface area contributed by atoms with Crippen LogP contribution in [0, 0.1) is 0 Å². The van der Waals surface area contributed by atoms with Gasteiger partial charge in [-0.3, -0.25) is 9.78 Å². The Kier molecular flexibility index (Phi) is 3.22. The van der Waals surface area contributed by atoms with E-state index in [9.17, 15) is 4.79 Å². The first-order valence-electron chi connectivity index (χ1n) is 5.78. The largest absolute Gasteiger partial charge is 0.469 e. The van der Waals surface area contributed by atoms with Crippen molar-refractivity contribution in [3.8, 4) is 0 Å². The normalized spacial score (nSPS) is 16.4. The Morgan fingerprint density at radius 3 is 2.94 bits per heavy atom. The summed E-state index contributed by atoms with van der Waals surface area (Å²) in [5.74, 6) is -0.348. The van der Waals surface area contributed by atoms with Crippen molar-refractivity contribution in [2.45, 2.75) is 38.5 Å². The Labute approximate surface area is 95.8 Å². The Bertz CT molecular complexity index is 401. The van der Waals surface area contributed by atoms with E-state index in [1.807, 2.05) is 13.0 Å². The second-order valence-electron chi connectivity index (χ2n) is 4.28. The molecule has 0 saturated carbocycles. The van der Waals surface area contributed by atoms with Gasteiger partial charge in [-0.15, -0.1) is 0 Å². The summed E-state index contributed by atoms with van der Waals surface area (Å²) < 4.78 is 4.80. The molecule has 3 heteroatoms. The Hall–Kier alpha value is -1.38. The standard InChI is InChI=1S/C13H17NO2/c1-9(13(15)16-2)10-7-8-14-12-6-4-3-5-11(10)12/h7-9H,3-6H2,1-2H3. The van der Waals surface area contributed by atoms with Gasteiger partial charge in [0.2, 0.25) is 0 Å². The summed E-state index contributed by atoms with van der Waals surface area (Å²) >= 11 is 0. The molecule has 1 unspecified atom stereocenters. The maximum Gasteiger partial charge on any atom is 0.312 e. The fourth-order valence-corrected chi connectivity index (χ4v) is 2.36. The fraction of sp³-hybridized carbons (Fsp3) is 0.538. The zero-order valence-corrected chi connectivity index (χ0v) is 9.82. The number of rotatable bonds is 2. The number of esters is 1. The average Bonchev–Trinajstić information content (AvgIpc) is 2.36. The van der Waals surface area contributed by atoms with Gasteiger partial charge in [0.05, 0.1) is 13.0 Å². The molecule has 0 spiro atoms. The summed E-state index contributed by atoms with van der Waals surface area (Å²) in [6, 6.07) is 1.95. The number of pyridine rings is 1. The van der Waals surface area contributed by atoms with Crippen LogP contribution in [0.2, 0.25) is 0 Å². The lowest BCUT2D eigenvalue weighted by atomic mass is 9.87. The van der Waals surface area contributed by atoms with E-state index >= 15 is 0 Å². The Balaban J connectivity index is 2.37. The van der Waals surface area contributed by atoms with E-state index in [-0.39, 0.29) is 11.9 Å². The quantitative estimate of drug-likeness (QED) is 0.716. The maximum absolute atomic E-state index is 11.6. The molecule has 16 heavy (non-hydrogen) atoms. The van der Waals surface area contributed by atoms with Gasteiger partial charge in [0.1, 0.15) is 0 Å². The molecule has 1 aliphatic carbocycles. The minimum atomic E-state index is -0.181. The minimum absolute atomic E-state index is 0.168. The molecule has 0 aliphatic heterocycles. The summed E-state index contributed by atoms with van der Waals surface area (Å²) in [5, 5.41) is 0. The van der Waals surface area contributed by atoms with Gasteiger partial charge in [0.25, 0.3) is 0 Å². The third-order valence-electron chi connectivity index (χ3n) is 3.29. The molecule has 1 atom stereocenters. The van der Waals surface area contributed by atoms with Crippen molar-refractivity contribution < 1.29 is 9.53 Å². The third kappa shape index (κ3) is 1.94. The molecule has 0 bridgehead atoms. The van der Waals surface area contributed by atoms with Gasteiger partial charge in [-0.05, 0) is 49.8 Å². The van der Waals surface area contributed by atoms with Crippen LogP contribution in [0.4, 0.5) is 0 Å². The molecule has 1 aromatic rings. The lowest BCUT2D eigenvalue weighted by Gasteiger charge is -2.20. The lowest BCUT2D eigenvalue weighted by molar-refractivity contribution is -0.142. The molecule has 86 valence electrons. The summed E-state index contributed by atoms with van der Waals surface area (Å²) in [6.45, 7) is 1.90. The summed E-state index contributed by atoms with van der Waals surface area (Å²) in [4.78, 5) is 16.0. The molecular weight excluding hydrogens is 202 g/mol. The number of methoxy groups -OCH3 is 1. The van der Waals surface area contributed by atoms with Crippen LogP contribution in [0.15, 0.2) is 12.3 Å². The van der Waals surface area contributed by atoms with Crippen LogP contribution in [0.5, 0.6) is 0 Å². The number of fused-ring (bicyclic) bond motifs is 1. The maximum atomic E-state index is 11.6. The molecule has 0 saturated heterocycles. The Morgan fingerprint density at radius 2 is 2.19 bits per heavy atom. The summed E-state index contributed by atoms with van der Waals surface area (Å²) in [7, 11) is 1.44. The monoisotopic (exact) mass is 219 g/mol. The smallest absolute Gasteiger partial charge is 0.312 e. The molecule has 0 radical (unpaired) electrons. The van der Waals surface area contributed by atoms with Crippen molar-refractivity contribution in [2.24, 2.45) is 0 Å². The molecule has 0 amide bonds. The number of aryl methyl sites for hydroxylation is 1. The van der Waals surface area contributed by atoms with Gasteiger partial charge in [-0.1, -0.05) is 0 Å². The number of nitrogens with zero attached hydrogens (tertiary/aromatic N) is 1. The lowest BCUT2D eigenvalue weighted by Crippen LogP contribution is -2.16. The summed E-state index contributed by atoms with van der Waals surface area (Å²) in [5.41, 5.74) is 3.53. The third-order valence-corrected chi connectivity index (χ3v) is 3.29. The van der Waals surface area contributed by atoms with Crippen molar-refractivity contribution in [3.63, 3.8) is 0 Å². The number of carbonyl (C=O) groups excluding carboxylic acids is 1. The second-order valence-corrected chi connectivity index (χ2v) is 4.28. The minimum Gasteiger partial charge on any atom is -0.469 e. The van der Waals surface area contributed by atoms with Crippen LogP contribution < -0.4 is 0 Å². The highest BCUT2D eigenvalue weighted by Gasteiger charge is 2.22. The van der Waals surface area contributed by atoms with Crippen LogP contribution in [0.1, 0.15) is 42.5 Å². The van der Waals surface area contributed by atoms with E-state index in [0.29, 0.717) is 0 Å². The van der Waals surface area contributed by atoms with Gasteiger partial charge in [-0.2, -0.15) is 0 Å². The van der Waals surface area contributed by atoms with Crippen LogP contribution in [-0.4, -0.2) is 18.1 Å². The van der Waals surface area contributed by atoms with Crippen molar-refractivity contribution in [3.05, 3.63) is 29.1 Å². The number of hydrogen-bond donors (Lipinski definition) is 0. The highest BCUT2D eigenvalue weighted by Crippen LogP contribution is 2.28. The van der Waals surface area contributed by atoms with Gasteiger partial charge < -0.3 is 4.74 Å². The first-order valence-corrected chi connectivity index (χ1v) is 5.78. The predicted molar refractivity (Wildman–Crippen MR) is 61.3 cm³/mol. The molecule has 0 aromatic carbocycles. The molecule has 3 nitrogen and oxygen atoms in total. The topological polar surface area (TPSA) is 39.2 Å². The summed E-state index contributed by atoms with van der Waals surface area (Å²) in [6.07, 6.45) is 6.28. The molecule has 2 rings (SSSR count). The molecule has 1 aromatic heterocycles. The second kappa shape index (κ2) is 4.64. The average molecular weight is 219 g/mol.